The Bertz CT molecular complexity index is 968. The lowest BCUT2D eigenvalue weighted by atomic mass is 9.81. The van der Waals surface area contributed by atoms with Gasteiger partial charge in [0, 0.05) is 18.3 Å². The lowest BCUT2D eigenvalue weighted by molar-refractivity contribution is -0.147. The molecule has 1 aliphatic carbocycles. The van der Waals surface area contributed by atoms with Crippen molar-refractivity contribution in [2.45, 2.75) is 45.6 Å². The van der Waals surface area contributed by atoms with Gasteiger partial charge in [0.25, 0.3) is 0 Å². The van der Waals surface area contributed by atoms with Crippen LogP contribution in [0.2, 0.25) is 0 Å². The van der Waals surface area contributed by atoms with Gasteiger partial charge in [0.2, 0.25) is 0 Å². The van der Waals surface area contributed by atoms with E-state index in [1.165, 1.54) is 0 Å². The highest BCUT2D eigenvalue weighted by molar-refractivity contribution is 5.99. The van der Waals surface area contributed by atoms with Gasteiger partial charge in [-0.05, 0) is 55.9 Å². The molecule has 0 aliphatic heterocycles. The van der Waals surface area contributed by atoms with Crippen LogP contribution in [0.15, 0.2) is 85.0 Å². The van der Waals surface area contributed by atoms with Crippen molar-refractivity contribution < 1.29 is 14.3 Å². The summed E-state index contributed by atoms with van der Waals surface area (Å²) in [6.45, 7) is 3.72. The first-order valence-corrected chi connectivity index (χ1v) is 11.4. The summed E-state index contributed by atoms with van der Waals surface area (Å²) in [6.07, 6.45) is 12.7. The van der Waals surface area contributed by atoms with Gasteiger partial charge in [-0.3, -0.25) is 9.59 Å². The first kappa shape index (κ1) is 23.5. The Balaban J connectivity index is 1.68. The molecular formula is C29H32O3. The third-order valence-electron chi connectivity index (χ3n) is 5.53. The molecule has 0 saturated heterocycles. The van der Waals surface area contributed by atoms with Crippen LogP contribution in [0.25, 0.3) is 11.6 Å². The quantitative estimate of drug-likeness (QED) is 0.184. The van der Waals surface area contributed by atoms with Crippen molar-refractivity contribution >= 4 is 23.4 Å². The zero-order valence-corrected chi connectivity index (χ0v) is 18.9. The largest absolute Gasteiger partial charge is 0.463 e. The summed E-state index contributed by atoms with van der Waals surface area (Å²) in [5.74, 6) is -0.0414. The van der Waals surface area contributed by atoms with Crippen molar-refractivity contribution in [1.82, 2.24) is 0 Å². The molecule has 2 aromatic rings. The Morgan fingerprint density at radius 2 is 1.69 bits per heavy atom. The van der Waals surface area contributed by atoms with E-state index < -0.39 is 0 Å². The summed E-state index contributed by atoms with van der Waals surface area (Å²) in [7, 11) is 0. The van der Waals surface area contributed by atoms with Gasteiger partial charge in [-0.15, -0.1) is 0 Å². The number of ether oxygens (including phenoxy) is 1. The average Bonchev–Trinajstić information content (AvgIpc) is 3.15. The maximum atomic E-state index is 12.7. The number of hydrogen-bond donors (Lipinski definition) is 0. The Labute approximate surface area is 191 Å². The van der Waals surface area contributed by atoms with Crippen LogP contribution in [0.1, 0.15) is 50.7 Å². The standard InChI is InChI=1S/C29H32O3/c1-22(2)32-29(31)18-12-4-3-11-17-26-25(19-20-28(26)30)27(24-15-9-6-10-16-24)21-23-13-7-5-8-14-23/h3,5-11,13-16,19-22,25-26H,4,12,17-18H2,1-2H3/b11-3+,27-21+/t25-,26-/m1/s1. The molecule has 2 aromatic carbocycles. The molecule has 0 radical (unpaired) electrons. The molecule has 166 valence electrons. The third-order valence-corrected chi connectivity index (χ3v) is 5.53. The number of carbonyl (C=O) groups is 2. The summed E-state index contributed by atoms with van der Waals surface area (Å²) in [4.78, 5) is 24.3. The van der Waals surface area contributed by atoms with Crippen LogP contribution >= 0.6 is 0 Å². The van der Waals surface area contributed by atoms with E-state index in [2.05, 4.69) is 42.5 Å². The minimum absolute atomic E-state index is 0.0378. The second-order valence-corrected chi connectivity index (χ2v) is 8.41. The van der Waals surface area contributed by atoms with Gasteiger partial charge in [0.15, 0.2) is 5.78 Å². The van der Waals surface area contributed by atoms with Crippen molar-refractivity contribution in [3.63, 3.8) is 0 Å². The van der Waals surface area contributed by atoms with Crippen LogP contribution in [-0.2, 0) is 14.3 Å². The lowest BCUT2D eigenvalue weighted by Crippen LogP contribution is -2.16. The molecule has 2 atom stereocenters. The zero-order chi connectivity index (χ0) is 22.8. The Morgan fingerprint density at radius 3 is 2.38 bits per heavy atom. The first-order chi connectivity index (χ1) is 15.5. The van der Waals surface area contributed by atoms with Gasteiger partial charge in [-0.25, -0.2) is 0 Å². The topological polar surface area (TPSA) is 43.4 Å². The van der Waals surface area contributed by atoms with E-state index in [4.69, 9.17) is 4.74 Å². The van der Waals surface area contributed by atoms with Gasteiger partial charge in [-0.1, -0.05) is 85.0 Å². The van der Waals surface area contributed by atoms with E-state index in [0.717, 1.165) is 29.5 Å². The molecule has 0 spiro atoms. The molecule has 1 aliphatic rings. The predicted molar refractivity (Wildman–Crippen MR) is 131 cm³/mol. The van der Waals surface area contributed by atoms with Gasteiger partial charge >= 0.3 is 5.97 Å². The molecule has 32 heavy (non-hydrogen) atoms. The van der Waals surface area contributed by atoms with Crippen LogP contribution in [0.3, 0.4) is 0 Å². The maximum absolute atomic E-state index is 12.7. The van der Waals surface area contributed by atoms with E-state index in [0.29, 0.717) is 12.8 Å². The van der Waals surface area contributed by atoms with E-state index in [-0.39, 0.29) is 29.7 Å². The Kier molecular flexibility index (Phi) is 8.79. The fourth-order valence-electron chi connectivity index (χ4n) is 3.99. The number of unbranched alkanes of at least 4 members (excludes halogenated alkanes) is 1. The van der Waals surface area contributed by atoms with Crippen LogP contribution in [0.4, 0.5) is 0 Å². The fourth-order valence-corrected chi connectivity index (χ4v) is 3.99. The number of esters is 1. The third kappa shape index (κ3) is 6.91. The van der Waals surface area contributed by atoms with Crippen LogP contribution in [-0.4, -0.2) is 17.9 Å². The maximum Gasteiger partial charge on any atom is 0.306 e. The Hall–Kier alpha value is -3.20. The second-order valence-electron chi connectivity index (χ2n) is 8.41. The van der Waals surface area contributed by atoms with Gasteiger partial charge in [0.1, 0.15) is 0 Å². The Morgan fingerprint density at radius 1 is 1.00 bits per heavy atom. The highest BCUT2D eigenvalue weighted by Gasteiger charge is 2.32. The average molecular weight is 429 g/mol. The minimum Gasteiger partial charge on any atom is -0.463 e. The van der Waals surface area contributed by atoms with Crippen molar-refractivity contribution in [3.05, 3.63) is 96.1 Å². The summed E-state index contributed by atoms with van der Waals surface area (Å²) in [5, 5.41) is 0. The highest BCUT2D eigenvalue weighted by Crippen LogP contribution is 2.38. The molecule has 0 unspecified atom stereocenters. The molecule has 0 aromatic heterocycles. The molecule has 3 nitrogen and oxygen atoms in total. The van der Waals surface area contributed by atoms with Gasteiger partial charge in [0.05, 0.1) is 6.10 Å². The smallest absolute Gasteiger partial charge is 0.306 e. The second kappa shape index (κ2) is 12.0. The van der Waals surface area contributed by atoms with Crippen LogP contribution in [0, 0.1) is 11.8 Å². The SMILES string of the molecule is CC(C)OC(=O)CCC/C=C/C[C@H]1C(=O)C=C[C@H]1/C(=C/c1ccccc1)c1ccccc1. The summed E-state index contributed by atoms with van der Waals surface area (Å²) >= 11 is 0. The summed E-state index contributed by atoms with van der Waals surface area (Å²) in [6, 6.07) is 20.5. The normalized spacial score (nSPS) is 18.6. The van der Waals surface area contributed by atoms with Crippen LogP contribution < -0.4 is 0 Å². The van der Waals surface area contributed by atoms with Crippen molar-refractivity contribution in [2.75, 3.05) is 0 Å². The molecule has 0 fully saturated rings. The minimum atomic E-state index is -0.151. The van der Waals surface area contributed by atoms with E-state index >= 15 is 0 Å². The highest BCUT2D eigenvalue weighted by atomic mass is 16.5. The molecule has 0 amide bonds. The molecular weight excluding hydrogens is 396 g/mol. The fraction of sp³-hybridized carbons (Fsp3) is 0.310. The first-order valence-electron chi connectivity index (χ1n) is 11.4. The van der Waals surface area contributed by atoms with E-state index in [9.17, 15) is 9.59 Å². The predicted octanol–water partition coefficient (Wildman–Crippen LogP) is 6.67. The molecule has 0 heterocycles. The molecule has 0 bridgehead atoms. The molecule has 0 saturated carbocycles. The molecule has 0 N–H and O–H groups in total. The number of carbonyl (C=O) groups excluding carboxylic acids is 2. The number of ketones is 1. The molecule has 3 heteroatoms. The number of rotatable bonds is 10. The number of allylic oxidation sites excluding steroid dienone is 5. The zero-order valence-electron chi connectivity index (χ0n) is 18.9. The lowest BCUT2D eigenvalue weighted by Gasteiger charge is -2.21. The molecule has 3 rings (SSSR count). The van der Waals surface area contributed by atoms with Gasteiger partial charge < -0.3 is 4.74 Å². The number of benzene rings is 2. The summed E-state index contributed by atoms with van der Waals surface area (Å²) in [5.41, 5.74) is 3.42. The van der Waals surface area contributed by atoms with E-state index in [1.807, 2.05) is 56.3 Å². The van der Waals surface area contributed by atoms with Gasteiger partial charge in [-0.2, -0.15) is 0 Å². The van der Waals surface area contributed by atoms with E-state index in [1.54, 1.807) is 6.08 Å². The van der Waals surface area contributed by atoms with Crippen molar-refractivity contribution in [1.29, 1.82) is 0 Å². The van der Waals surface area contributed by atoms with Crippen LogP contribution in [0.5, 0.6) is 0 Å². The van der Waals surface area contributed by atoms with Crippen molar-refractivity contribution in [3.8, 4) is 0 Å². The monoisotopic (exact) mass is 428 g/mol. The summed E-state index contributed by atoms with van der Waals surface area (Å²) < 4.78 is 5.16. The number of hydrogen-bond acceptors (Lipinski definition) is 3. The van der Waals surface area contributed by atoms with Crippen molar-refractivity contribution in [2.24, 2.45) is 11.8 Å².